The van der Waals surface area contributed by atoms with E-state index in [4.69, 9.17) is 23.2 Å². The normalized spacial score (nSPS) is 10.6. The average Bonchev–Trinajstić information content (AvgIpc) is 2.62. The molecule has 0 bridgehead atoms. The fourth-order valence-corrected chi connectivity index (χ4v) is 2.68. The summed E-state index contributed by atoms with van der Waals surface area (Å²) in [4.78, 5) is 24.5. The summed E-state index contributed by atoms with van der Waals surface area (Å²) in [6, 6.07) is 15.4. The number of hydrogen-bond acceptors (Lipinski definition) is 3. The highest BCUT2D eigenvalue weighted by Gasteiger charge is 2.13. The highest BCUT2D eigenvalue weighted by atomic mass is 35.5. The van der Waals surface area contributed by atoms with Crippen molar-refractivity contribution >= 4 is 34.8 Å². The lowest BCUT2D eigenvalue weighted by Gasteiger charge is -2.10. The minimum Gasteiger partial charge on any atom is -0.319 e. The van der Waals surface area contributed by atoms with Gasteiger partial charge in [0.15, 0.2) is 0 Å². The van der Waals surface area contributed by atoms with Crippen LogP contribution in [-0.4, -0.2) is 15.7 Å². The zero-order valence-corrected chi connectivity index (χ0v) is 15.4. The van der Waals surface area contributed by atoms with E-state index < -0.39 is 5.91 Å². The highest BCUT2D eigenvalue weighted by molar-refractivity contribution is 6.44. The Morgan fingerprint density at radius 2 is 1.81 bits per heavy atom. The van der Waals surface area contributed by atoms with Crippen LogP contribution in [0.2, 0.25) is 10.0 Å². The van der Waals surface area contributed by atoms with E-state index in [1.54, 1.807) is 18.2 Å². The number of nitrogens with zero attached hydrogens (tertiary/aromatic N) is 2. The summed E-state index contributed by atoms with van der Waals surface area (Å²) in [6.07, 6.45) is 0. The number of carbonyl (C=O) groups is 1. The molecule has 0 saturated carbocycles. The van der Waals surface area contributed by atoms with Gasteiger partial charge >= 0.3 is 0 Å². The molecule has 0 fully saturated rings. The van der Waals surface area contributed by atoms with E-state index >= 15 is 0 Å². The van der Waals surface area contributed by atoms with Crippen molar-refractivity contribution in [3.05, 3.63) is 91.8 Å². The Morgan fingerprint density at radius 1 is 1.08 bits per heavy atom. The maximum absolute atomic E-state index is 12.4. The average molecular weight is 388 g/mol. The molecule has 0 atom stereocenters. The summed E-state index contributed by atoms with van der Waals surface area (Å²) in [5.74, 6) is -0.480. The number of carbonyl (C=O) groups excluding carboxylic acids is 1. The van der Waals surface area contributed by atoms with Crippen LogP contribution in [0, 0.1) is 6.92 Å². The third kappa shape index (κ3) is 4.12. The topological polar surface area (TPSA) is 64.0 Å². The maximum Gasteiger partial charge on any atom is 0.276 e. The van der Waals surface area contributed by atoms with Crippen LogP contribution in [0.25, 0.3) is 0 Å². The van der Waals surface area contributed by atoms with Crippen molar-refractivity contribution in [1.29, 1.82) is 0 Å². The first-order valence-electron chi connectivity index (χ1n) is 7.83. The molecule has 26 heavy (non-hydrogen) atoms. The van der Waals surface area contributed by atoms with Gasteiger partial charge in [0.2, 0.25) is 0 Å². The zero-order valence-electron chi connectivity index (χ0n) is 13.9. The molecule has 0 spiro atoms. The first-order chi connectivity index (χ1) is 12.4. The quantitative estimate of drug-likeness (QED) is 0.730. The van der Waals surface area contributed by atoms with Crippen molar-refractivity contribution < 1.29 is 4.79 Å². The lowest BCUT2D eigenvalue weighted by atomic mass is 10.1. The molecule has 1 heterocycles. The molecule has 132 valence electrons. The molecule has 1 aromatic heterocycles. The van der Waals surface area contributed by atoms with Gasteiger partial charge in [-0.2, -0.15) is 5.10 Å². The largest absolute Gasteiger partial charge is 0.319 e. The maximum atomic E-state index is 12.4. The lowest BCUT2D eigenvalue weighted by Crippen LogP contribution is -2.26. The highest BCUT2D eigenvalue weighted by Crippen LogP contribution is 2.29. The number of nitrogens with one attached hydrogen (secondary N) is 1. The van der Waals surface area contributed by atoms with Crippen molar-refractivity contribution in [2.45, 2.75) is 13.5 Å². The monoisotopic (exact) mass is 387 g/mol. The van der Waals surface area contributed by atoms with Crippen LogP contribution in [0.5, 0.6) is 0 Å². The van der Waals surface area contributed by atoms with Crippen LogP contribution < -0.4 is 10.9 Å². The van der Waals surface area contributed by atoms with Gasteiger partial charge in [-0.15, -0.1) is 0 Å². The SMILES string of the molecule is Cc1ccc(Cn2nc(C(=O)Nc3cccc(Cl)c3Cl)ccc2=O)cc1. The molecule has 7 heteroatoms. The van der Waals surface area contributed by atoms with Gasteiger partial charge in [-0.3, -0.25) is 9.59 Å². The molecule has 0 aliphatic rings. The fraction of sp³-hybridized carbons (Fsp3) is 0.105. The Kier molecular flexibility index (Phi) is 5.40. The standard InChI is InChI=1S/C19H15Cl2N3O2/c1-12-5-7-13(8-6-12)11-24-17(25)10-9-16(23-24)19(26)22-15-4-2-3-14(20)18(15)21/h2-10H,11H2,1H3,(H,22,26). The van der Waals surface area contributed by atoms with Crippen LogP contribution in [-0.2, 0) is 6.54 Å². The van der Waals surface area contributed by atoms with Gasteiger partial charge in [0.05, 0.1) is 22.3 Å². The molecule has 0 radical (unpaired) electrons. The van der Waals surface area contributed by atoms with Crippen molar-refractivity contribution in [3.8, 4) is 0 Å². The summed E-state index contributed by atoms with van der Waals surface area (Å²) in [5.41, 5.74) is 2.24. The third-order valence-corrected chi connectivity index (χ3v) is 4.57. The predicted molar refractivity (Wildman–Crippen MR) is 103 cm³/mol. The van der Waals surface area contributed by atoms with Crippen LogP contribution >= 0.6 is 23.2 Å². The third-order valence-electron chi connectivity index (χ3n) is 3.75. The molecule has 3 rings (SSSR count). The first-order valence-corrected chi connectivity index (χ1v) is 8.59. The molecule has 3 aromatic rings. The van der Waals surface area contributed by atoms with E-state index in [0.29, 0.717) is 10.7 Å². The molecular weight excluding hydrogens is 373 g/mol. The number of hydrogen-bond donors (Lipinski definition) is 1. The van der Waals surface area contributed by atoms with Gasteiger partial charge in [-0.25, -0.2) is 4.68 Å². The number of benzene rings is 2. The second-order valence-electron chi connectivity index (χ2n) is 5.76. The van der Waals surface area contributed by atoms with Crippen molar-refractivity contribution in [2.75, 3.05) is 5.32 Å². The van der Waals surface area contributed by atoms with E-state index in [0.717, 1.165) is 11.1 Å². The first kappa shape index (κ1) is 18.2. The van der Waals surface area contributed by atoms with E-state index in [1.165, 1.54) is 16.8 Å². The Labute approximate surface area is 160 Å². The molecular formula is C19H15Cl2N3O2. The summed E-state index contributed by atoms with van der Waals surface area (Å²) in [7, 11) is 0. The van der Waals surface area contributed by atoms with Crippen molar-refractivity contribution in [2.24, 2.45) is 0 Å². The minimum absolute atomic E-state index is 0.104. The molecule has 1 amide bonds. The Bertz CT molecular complexity index is 1010. The van der Waals surface area contributed by atoms with Crippen LogP contribution in [0.4, 0.5) is 5.69 Å². The minimum atomic E-state index is -0.480. The molecule has 5 nitrogen and oxygen atoms in total. The molecule has 0 unspecified atom stereocenters. The molecule has 2 aromatic carbocycles. The summed E-state index contributed by atoms with van der Waals surface area (Å²) in [5, 5.41) is 7.39. The summed E-state index contributed by atoms with van der Waals surface area (Å²) < 4.78 is 1.25. The van der Waals surface area contributed by atoms with Crippen LogP contribution in [0.1, 0.15) is 21.6 Å². The van der Waals surface area contributed by atoms with Gasteiger partial charge in [-0.05, 0) is 30.7 Å². The number of amides is 1. The van der Waals surface area contributed by atoms with E-state index in [-0.39, 0.29) is 22.8 Å². The number of halogens is 2. The number of aryl methyl sites for hydroxylation is 1. The van der Waals surface area contributed by atoms with Gasteiger partial charge in [0.1, 0.15) is 5.69 Å². The summed E-state index contributed by atoms with van der Waals surface area (Å²) >= 11 is 12.0. The number of anilines is 1. The second kappa shape index (κ2) is 7.72. The number of rotatable bonds is 4. The smallest absolute Gasteiger partial charge is 0.276 e. The lowest BCUT2D eigenvalue weighted by molar-refractivity contribution is 0.102. The zero-order chi connectivity index (χ0) is 18.7. The number of aromatic nitrogens is 2. The predicted octanol–water partition coefficient (Wildman–Crippen LogP) is 4.16. The Balaban J connectivity index is 1.84. The molecule has 0 saturated heterocycles. The van der Waals surface area contributed by atoms with Crippen molar-refractivity contribution in [3.63, 3.8) is 0 Å². The van der Waals surface area contributed by atoms with Crippen LogP contribution in [0.3, 0.4) is 0 Å². The Morgan fingerprint density at radius 3 is 2.54 bits per heavy atom. The Hall–Kier alpha value is -2.63. The molecule has 0 aliphatic carbocycles. The molecule has 0 aliphatic heterocycles. The van der Waals surface area contributed by atoms with E-state index in [2.05, 4.69) is 10.4 Å². The van der Waals surface area contributed by atoms with E-state index in [9.17, 15) is 9.59 Å². The van der Waals surface area contributed by atoms with Gasteiger partial charge in [0.25, 0.3) is 11.5 Å². The second-order valence-corrected chi connectivity index (χ2v) is 6.54. The van der Waals surface area contributed by atoms with Crippen molar-refractivity contribution in [1.82, 2.24) is 9.78 Å². The fourth-order valence-electron chi connectivity index (χ4n) is 2.34. The van der Waals surface area contributed by atoms with Gasteiger partial charge in [-0.1, -0.05) is 59.1 Å². The molecule has 1 N–H and O–H groups in total. The van der Waals surface area contributed by atoms with E-state index in [1.807, 2.05) is 31.2 Å². The van der Waals surface area contributed by atoms with Gasteiger partial charge in [0, 0.05) is 6.07 Å². The summed E-state index contributed by atoms with van der Waals surface area (Å²) in [6.45, 7) is 2.26. The van der Waals surface area contributed by atoms with Gasteiger partial charge < -0.3 is 5.32 Å². The van der Waals surface area contributed by atoms with Crippen LogP contribution in [0.15, 0.2) is 59.4 Å².